The Balaban J connectivity index is 1.83. The quantitative estimate of drug-likeness (QED) is 0.686. The van der Waals surface area contributed by atoms with Crippen LogP contribution >= 0.6 is 12.2 Å². The fourth-order valence-electron chi connectivity index (χ4n) is 1.04. The van der Waals surface area contributed by atoms with Crippen LogP contribution in [0.25, 0.3) is 0 Å². The zero-order valence-corrected chi connectivity index (χ0v) is 7.53. The maximum Gasteiger partial charge on any atom is 0.109 e. The summed E-state index contributed by atoms with van der Waals surface area (Å²) in [5.41, 5.74) is 0.977. The largest absolute Gasteiger partial charge is 0.375 e. The van der Waals surface area contributed by atoms with Gasteiger partial charge in [-0.2, -0.15) is 5.10 Å². The van der Waals surface area contributed by atoms with E-state index < -0.39 is 0 Å². The molecule has 1 aliphatic rings. The van der Waals surface area contributed by atoms with E-state index in [1.54, 1.807) is 6.20 Å². The van der Waals surface area contributed by atoms with E-state index in [1.165, 1.54) is 12.8 Å². The molecule has 1 saturated carbocycles. The third-order valence-electron chi connectivity index (χ3n) is 2.01. The fraction of sp³-hybridized carbons (Fsp3) is 0.500. The Morgan fingerprint density at radius 2 is 2.58 bits per heavy atom. The van der Waals surface area contributed by atoms with E-state index in [0.29, 0.717) is 0 Å². The van der Waals surface area contributed by atoms with E-state index in [-0.39, 0.29) is 0 Å². The monoisotopic (exact) mass is 181 g/mol. The molecule has 1 aliphatic carbocycles. The molecule has 1 aromatic heterocycles. The molecule has 0 spiro atoms. The standard InChI is InChI=1S/C8H11N3S/c12-8(7-4-10-11-5-7)9-3-6-1-2-6/h4-6H,1-3H2,(H,9,12)(H,10,11). The number of nitrogens with zero attached hydrogens (tertiary/aromatic N) is 1. The molecule has 0 aromatic carbocycles. The molecular formula is C8H11N3S. The first kappa shape index (κ1) is 7.73. The van der Waals surface area contributed by atoms with Gasteiger partial charge in [0.05, 0.1) is 6.20 Å². The van der Waals surface area contributed by atoms with Gasteiger partial charge < -0.3 is 5.32 Å². The third kappa shape index (κ3) is 1.82. The normalized spacial score (nSPS) is 16.0. The van der Waals surface area contributed by atoms with Crippen LogP contribution in [0, 0.1) is 5.92 Å². The molecule has 2 rings (SSSR count). The van der Waals surface area contributed by atoms with Crippen LogP contribution in [0.4, 0.5) is 0 Å². The topological polar surface area (TPSA) is 40.7 Å². The second-order valence-electron chi connectivity index (χ2n) is 3.14. The number of aromatic amines is 1. The summed E-state index contributed by atoms with van der Waals surface area (Å²) in [6.45, 7) is 1.02. The van der Waals surface area contributed by atoms with Crippen molar-refractivity contribution in [2.45, 2.75) is 12.8 Å². The zero-order valence-electron chi connectivity index (χ0n) is 6.71. The third-order valence-corrected chi connectivity index (χ3v) is 2.39. The van der Waals surface area contributed by atoms with E-state index in [0.717, 1.165) is 23.0 Å². The van der Waals surface area contributed by atoms with E-state index in [9.17, 15) is 0 Å². The zero-order chi connectivity index (χ0) is 8.39. The lowest BCUT2D eigenvalue weighted by atomic mass is 10.3. The SMILES string of the molecule is S=C(NCC1CC1)c1cn[nH]c1. The van der Waals surface area contributed by atoms with Gasteiger partial charge in [-0.05, 0) is 18.8 Å². The van der Waals surface area contributed by atoms with Gasteiger partial charge in [-0.1, -0.05) is 12.2 Å². The number of H-pyrrole nitrogens is 1. The molecule has 2 N–H and O–H groups in total. The molecule has 1 aromatic rings. The molecule has 0 atom stereocenters. The van der Waals surface area contributed by atoms with Crippen molar-refractivity contribution in [1.29, 1.82) is 0 Å². The van der Waals surface area contributed by atoms with Crippen molar-refractivity contribution in [2.24, 2.45) is 5.92 Å². The van der Waals surface area contributed by atoms with Gasteiger partial charge in [0, 0.05) is 18.3 Å². The van der Waals surface area contributed by atoms with Crippen LogP contribution in [0.2, 0.25) is 0 Å². The van der Waals surface area contributed by atoms with Crippen molar-refractivity contribution < 1.29 is 0 Å². The number of hydrogen-bond donors (Lipinski definition) is 2. The summed E-state index contributed by atoms with van der Waals surface area (Å²) in [5.74, 6) is 0.856. The maximum atomic E-state index is 5.15. The van der Waals surface area contributed by atoms with Gasteiger partial charge >= 0.3 is 0 Å². The van der Waals surface area contributed by atoms with Crippen LogP contribution in [-0.4, -0.2) is 21.7 Å². The van der Waals surface area contributed by atoms with Gasteiger partial charge in [0.15, 0.2) is 0 Å². The Morgan fingerprint density at radius 1 is 1.75 bits per heavy atom. The van der Waals surface area contributed by atoms with Crippen LogP contribution in [0.15, 0.2) is 12.4 Å². The molecule has 0 aliphatic heterocycles. The van der Waals surface area contributed by atoms with Crippen molar-refractivity contribution in [3.05, 3.63) is 18.0 Å². The predicted molar refractivity (Wildman–Crippen MR) is 51.0 cm³/mol. The molecule has 0 bridgehead atoms. The van der Waals surface area contributed by atoms with E-state index in [4.69, 9.17) is 12.2 Å². The molecule has 4 heteroatoms. The van der Waals surface area contributed by atoms with Gasteiger partial charge in [0.1, 0.15) is 4.99 Å². The maximum absolute atomic E-state index is 5.15. The summed E-state index contributed by atoms with van der Waals surface area (Å²) < 4.78 is 0. The van der Waals surface area contributed by atoms with Crippen LogP contribution in [0.3, 0.4) is 0 Å². The summed E-state index contributed by atoms with van der Waals surface area (Å²) in [4.78, 5) is 0.802. The number of aromatic nitrogens is 2. The highest BCUT2D eigenvalue weighted by Gasteiger charge is 2.21. The molecule has 1 heterocycles. The first-order valence-corrected chi connectivity index (χ1v) is 4.54. The average Bonchev–Trinajstić information content (AvgIpc) is 2.74. The van der Waals surface area contributed by atoms with Crippen LogP contribution in [0.1, 0.15) is 18.4 Å². The van der Waals surface area contributed by atoms with Crippen LogP contribution < -0.4 is 5.32 Å². The highest BCUT2D eigenvalue weighted by Crippen LogP contribution is 2.27. The van der Waals surface area contributed by atoms with Crippen molar-refractivity contribution in [3.8, 4) is 0 Å². The van der Waals surface area contributed by atoms with Crippen molar-refractivity contribution in [1.82, 2.24) is 15.5 Å². The Labute approximate surface area is 76.6 Å². The van der Waals surface area contributed by atoms with E-state index in [2.05, 4.69) is 15.5 Å². The Bertz CT molecular complexity index is 264. The Morgan fingerprint density at radius 3 is 3.17 bits per heavy atom. The summed E-state index contributed by atoms with van der Waals surface area (Å²) in [6.07, 6.45) is 6.24. The molecule has 1 fully saturated rings. The molecule has 12 heavy (non-hydrogen) atoms. The minimum atomic E-state index is 0.802. The molecule has 64 valence electrons. The summed E-state index contributed by atoms with van der Waals surface area (Å²) in [5, 5.41) is 9.79. The molecule has 0 amide bonds. The highest BCUT2D eigenvalue weighted by atomic mass is 32.1. The van der Waals surface area contributed by atoms with E-state index >= 15 is 0 Å². The number of nitrogens with one attached hydrogen (secondary N) is 2. The minimum absolute atomic E-state index is 0.802. The highest BCUT2D eigenvalue weighted by molar-refractivity contribution is 7.80. The van der Waals surface area contributed by atoms with Crippen LogP contribution in [0.5, 0.6) is 0 Å². The second kappa shape index (κ2) is 3.23. The summed E-state index contributed by atoms with van der Waals surface area (Å²) >= 11 is 5.15. The Hall–Kier alpha value is -0.900. The number of hydrogen-bond acceptors (Lipinski definition) is 2. The van der Waals surface area contributed by atoms with Gasteiger partial charge in [-0.25, -0.2) is 0 Å². The smallest absolute Gasteiger partial charge is 0.109 e. The number of thiocarbonyl (C=S) groups is 1. The number of rotatable bonds is 3. The lowest BCUT2D eigenvalue weighted by Crippen LogP contribution is -2.23. The lowest BCUT2D eigenvalue weighted by Gasteiger charge is -2.03. The molecular weight excluding hydrogens is 170 g/mol. The van der Waals surface area contributed by atoms with Gasteiger partial charge in [0.2, 0.25) is 0 Å². The van der Waals surface area contributed by atoms with Gasteiger partial charge in [-0.3, -0.25) is 5.10 Å². The predicted octanol–water partition coefficient (Wildman–Crippen LogP) is 1.08. The van der Waals surface area contributed by atoms with Crippen LogP contribution in [-0.2, 0) is 0 Å². The molecule has 0 saturated heterocycles. The Kier molecular flexibility index (Phi) is 2.08. The van der Waals surface area contributed by atoms with Crippen molar-refractivity contribution in [3.63, 3.8) is 0 Å². The van der Waals surface area contributed by atoms with Gasteiger partial charge in [-0.15, -0.1) is 0 Å². The molecule has 0 unspecified atom stereocenters. The fourth-order valence-corrected chi connectivity index (χ4v) is 1.23. The molecule has 0 radical (unpaired) electrons. The lowest BCUT2D eigenvalue weighted by molar-refractivity contribution is 0.779. The van der Waals surface area contributed by atoms with Crippen molar-refractivity contribution >= 4 is 17.2 Å². The van der Waals surface area contributed by atoms with Crippen molar-refractivity contribution in [2.75, 3.05) is 6.54 Å². The minimum Gasteiger partial charge on any atom is -0.375 e. The first-order valence-electron chi connectivity index (χ1n) is 4.13. The van der Waals surface area contributed by atoms with E-state index in [1.807, 2.05) is 6.20 Å². The average molecular weight is 181 g/mol. The molecule has 3 nitrogen and oxygen atoms in total. The summed E-state index contributed by atoms with van der Waals surface area (Å²) in [6, 6.07) is 0. The first-order chi connectivity index (χ1) is 5.86. The van der Waals surface area contributed by atoms with Gasteiger partial charge in [0.25, 0.3) is 0 Å². The summed E-state index contributed by atoms with van der Waals surface area (Å²) in [7, 11) is 0. The second-order valence-corrected chi connectivity index (χ2v) is 3.55.